The van der Waals surface area contributed by atoms with E-state index < -0.39 is 0 Å². The van der Waals surface area contributed by atoms with Crippen molar-refractivity contribution >= 4 is 0 Å². The highest BCUT2D eigenvalue weighted by molar-refractivity contribution is 5.38. The second-order valence-corrected chi connectivity index (χ2v) is 4.25. The quantitative estimate of drug-likeness (QED) is 0.676. The highest BCUT2D eigenvalue weighted by Gasteiger charge is 2.19. The first kappa shape index (κ1) is 11.8. The monoisotopic (exact) mass is 203 g/mol. The summed E-state index contributed by atoms with van der Waals surface area (Å²) in [5.74, 6) is 0.821. The van der Waals surface area contributed by atoms with E-state index >= 15 is 0 Å². The first-order valence-corrected chi connectivity index (χ1v) is 5.52. The van der Waals surface area contributed by atoms with Crippen LogP contribution in [0.4, 0.5) is 0 Å². The fraction of sp³-hybridized carbons (Fsp3) is 0.429. The Kier molecular flexibility index (Phi) is 4.41. The smallest absolute Gasteiger partial charge is 0.00555 e. The highest BCUT2D eigenvalue weighted by atomic mass is 15.0. The van der Waals surface area contributed by atoms with Crippen molar-refractivity contribution in [2.24, 2.45) is 0 Å². The molecule has 1 aromatic carbocycles. The molecule has 0 fully saturated rings. The largest absolute Gasteiger partial charge is 0.384 e. The molecular weight excluding hydrogens is 182 g/mol. The third-order valence-electron chi connectivity index (χ3n) is 2.56. The summed E-state index contributed by atoms with van der Waals surface area (Å²) in [6.45, 7) is 4.28. The molecule has 1 atom stereocenters. The van der Waals surface area contributed by atoms with Crippen LogP contribution in [-0.4, -0.2) is 19.0 Å². The molecule has 1 aliphatic carbocycles. The van der Waals surface area contributed by atoms with E-state index in [1.54, 1.807) is 11.1 Å². The Hall–Kier alpha value is -1.24. The van der Waals surface area contributed by atoms with Crippen LogP contribution in [0.3, 0.4) is 0 Å². The average Bonchev–Trinajstić information content (AvgIpc) is 2.17. The molecule has 1 unspecified atom stereocenters. The summed E-state index contributed by atoms with van der Waals surface area (Å²) in [6.07, 6.45) is 5.29. The molecule has 0 radical (unpaired) electrons. The van der Waals surface area contributed by atoms with Crippen LogP contribution in [0.5, 0.6) is 0 Å². The Bertz CT molecular complexity index is 326. The molecular formula is C14H21N. The Morgan fingerprint density at radius 1 is 1.27 bits per heavy atom. The third kappa shape index (κ3) is 3.43. The molecule has 0 saturated carbocycles. The van der Waals surface area contributed by atoms with Gasteiger partial charge in [-0.1, -0.05) is 37.3 Å². The van der Waals surface area contributed by atoms with E-state index in [1.165, 1.54) is 6.42 Å². The van der Waals surface area contributed by atoms with Crippen molar-refractivity contribution in [1.82, 2.24) is 4.90 Å². The molecule has 0 spiro atoms. The van der Waals surface area contributed by atoms with Crippen molar-refractivity contribution in [2.75, 3.05) is 14.1 Å². The SMILES string of the molecule is C/C=C\N(C)C.CC1Cc2ccccc21. The molecule has 2 rings (SSSR count). The molecule has 82 valence electrons. The maximum absolute atomic E-state index is 2.28. The van der Waals surface area contributed by atoms with Crippen molar-refractivity contribution in [3.8, 4) is 0 Å². The molecule has 1 heteroatoms. The summed E-state index contributed by atoms with van der Waals surface area (Å²) in [4.78, 5) is 2.00. The predicted molar refractivity (Wildman–Crippen MR) is 67.1 cm³/mol. The van der Waals surface area contributed by atoms with Gasteiger partial charge in [-0.05, 0) is 36.6 Å². The van der Waals surface area contributed by atoms with Crippen LogP contribution in [0, 0.1) is 0 Å². The Labute approximate surface area is 93.4 Å². The van der Waals surface area contributed by atoms with Crippen LogP contribution in [0.2, 0.25) is 0 Å². The molecule has 1 aromatic rings. The van der Waals surface area contributed by atoms with Crippen LogP contribution >= 0.6 is 0 Å². The second kappa shape index (κ2) is 5.59. The van der Waals surface area contributed by atoms with Crippen LogP contribution in [0.15, 0.2) is 36.5 Å². The van der Waals surface area contributed by atoms with Gasteiger partial charge in [-0.25, -0.2) is 0 Å². The van der Waals surface area contributed by atoms with E-state index in [1.807, 2.05) is 38.2 Å². The number of allylic oxidation sites excluding steroid dienone is 1. The summed E-state index contributed by atoms with van der Waals surface area (Å²) in [5, 5.41) is 0. The lowest BCUT2D eigenvalue weighted by atomic mass is 9.79. The van der Waals surface area contributed by atoms with Gasteiger partial charge in [-0.15, -0.1) is 0 Å². The lowest BCUT2D eigenvalue weighted by molar-refractivity contribution is 0.563. The molecule has 0 aliphatic heterocycles. The maximum atomic E-state index is 2.28. The maximum Gasteiger partial charge on any atom is 0.00555 e. The van der Waals surface area contributed by atoms with Gasteiger partial charge >= 0.3 is 0 Å². The molecule has 15 heavy (non-hydrogen) atoms. The minimum Gasteiger partial charge on any atom is -0.384 e. The number of rotatable bonds is 1. The van der Waals surface area contributed by atoms with E-state index in [9.17, 15) is 0 Å². The van der Waals surface area contributed by atoms with Crippen LogP contribution in [-0.2, 0) is 6.42 Å². The molecule has 0 saturated heterocycles. The molecule has 0 N–H and O–H groups in total. The zero-order valence-corrected chi connectivity index (χ0v) is 10.2. The van der Waals surface area contributed by atoms with Crippen LogP contribution < -0.4 is 0 Å². The standard InChI is InChI=1S/C9H10.C5H11N/c1-7-6-8-4-2-3-5-9(7)8;1-4-5-6(2)3/h2-5,7H,6H2,1H3;4-5H,1-3H3/b;5-4-. The fourth-order valence-corrected chi connectivity index (χ4v) is 1.81. The van der Waals surface area contributed by atoms with Gasteiger partial charge in [0.05, 0.1) is 0 Å². The Morgan fingerprint density at radius 3 is 2.27 bits per heavy atom. The first-order chi connectivity index (χ1) is 7.15. The number of hydrogen-bond donors (Lipinski definition) is 0. The fourth-order valence-electron chi connectivity index (χ4n) is 1.81. The van der Waals surface area contributed by atoms with E-state index in [4.69, 9.17) is 0 Å². The average molecular weight is 203 g/mol. The van der Waals surface area contributed by atoms with E-state index in [0.717, 1.165) is 5.92 Å². The molecule has 1 nitrogen and oxygen atoms in total. The lowest BCUT2D eigenvalue weighted by Crippen LogP contribution is -2.12. The summed E-state index contributed by atoms with van der Waals surface area (Å²) in [5.41, 5.74) is 3.10. The predicted octanol–water partition coefficient (Wildman–Crippen LogP) is 3.43. The van der Waals surface area contributed by atoms with Gasteiger partial charge in [0, 0.05) is 14.1 Å². The van der Waals surface area contributed by atoms with Crippen molar-refractivity contribution in [3.63, 3.8) is 0 Å². The number of benzene rings is 1. The van der Waals surface area contributed by atoms with Gasteiger partial charge in [-0.2, -0.15) is 0 Å². The van der Waals surface area contributed by atoms with Crippen molar-refractivity contribution in [2.45, 2.75) is 26.2 Å². The Balaban J connectivity index is 0.000000167. The van der Waals surface area contributed by atoms with Crippen molar-refractivity contribution in [1.29, 1.82) is 0 Å². The summed E-state index contributed by atoms with van der Waals surface area (Å²) >= 11 is 0. The summed E-state index contributed by atoms with van der Waals surface area (Å²) in [6, 6.07) is 8.68. The van der Waals surface area contributed by atoms with E-state index in [-0.39, 0.29) is 0 Å². The topological polar surface area (TPSA) is 3.24 Å². The van der Waals surface area contributed by atoms with Crippen molar-refractivity contribution in [3.05, 3.63) is 47.7 Å². The highest BCUT2D eigenvalue weighted by Crippen LogP contribution is 2.33. The molecule has 0 heterocycles. The lowest BCUT2D eigenvalue weighted by Gasteiger charge is -2.25. The van der Waals surface area contributed by atoms with E-state index in [0.29, 0.717) is 0 Å². The Morgan fingerprint density at radius 2 is 1.93 bits per heavy atom. The first-order valence-electron chi connectivity index (χ1n) is 5.52. The van der Waals surface area contributed by atoms with Gasteiger partial charge < -0.3 is 4.90 Å². The number of nitrogens with zero attached hydrogens (tertiary/aromatic N) is 1. The van der Waals surface area contributed by atoms with Crippen molar-refractivity contribution < 1.29 is 0 Å². The number of fused-ring (bicyclic) bond motifs is 1. The van der Waals surface area contributed by atoms with Gasteiger partial charge in [0.25, 0.3) is 0 Å². The van der Waals surface area contributed by atoms with Gasteiger partial charge in [0.2, 0.25) is 0 Å². The number of hydrogen-bond acceptors (Lipinski definition) is 1. The van der Waals surface area contributed by atoms with Gasteiger partial charge in [-0.3, -0.25) is 0 Å². The van der Waals surface area contributed by atoms with Gasteiger partial charge in [0.15, 0.2) is 0 Å². The van der Waals surface area contributed by atoms with E-state index in [2.05, 4.69) is 31.2 Å². The zero-order chi connectivity index (χ0) is 11.3. The van der Waals surface area contributed by atoms with Crippen LogP contribution in [0.25, 0.3) is 0 Å². The molecule has 1 aliphatic rings. The zero-order valence-electron chi connectivity index (χ0n) is 10.2. The van der Waals surface area contributed by atoms with Gasteiger partial charge in [0.1, 0.15) is 0 Å². The molecule has 0 amide bonds. The molecule has 0 bridgehead atoms. The minimum atomic E-state index is 0.821. The minimum absolute atomic E-state index is 0.821. The van der Waals surface area contributed by atoms with Crippen LogP contribution in [0.1, 0.15) is 30.9 Å². The second-order valence-electron chi connectivity index (χ2n) is 4.25. The summed E-state index contributed by atoms with van der Waals surface area (Å²) in [7, 11) is 4.00. The normalized spacial score (nSPS) is 17.5. The summed E-state index contributed by atoms with van der Waals surface area (Å²) < 4.78 is 0. The molecule has 0 aromatic heterocycles. The third-order valence-corrected chi connectivity index (χ3v) is 2.56.